The lowest BCUT2D eigenvalue weighted by Gasteiger charge is -2.22. The maximum atomic E-state index is 11.3. The average molecular weight is 323 g/mol. The summed E-state index contributed by atoms with van der Waals surface area (Å²) in [4.78, 5) is 20.0. The van der Waals surface area contributed by atoms with Gasteiger partial charge in [-0.05, 0) is 5.56 Å². The zero-order chi connectivity index (χ0) is 15.3. The number of hydrogen-bond acceptors (Lipinski definition) is 5. The van der Waals surface area contributed by atoms with Crippen LogP contribution in [0.5, 0.6) is 0 Å². The molecule has 3 N–H and O–H groups in total. The van der Waals surface area contributed by atoms with Crippen LogP contribution in [0.3, 0.4) is 0 Å². The summed E-state index contributed by atoms with van der Waals surface area (Å²) in [5.74, 6) is -0.781. The van der Waals surface area contributed by atoms with Crippen LogP contribution in [0.4, 0.5) is 5.69 Å². The number of nitro benzene ring substituents is 1. The van der Waals surface area contributed by atoms with Gasteiger partial charge in [-0.25, -0.2) is 0 Å². The highest BCUT2D eigenvalue weighted by atomic mass is 35.5. The van der Waals surface area contributed by atoms with Gasteiger partial charge in [0.25, 0.3) is 11.6 Å². The van der Waals surface area contributed by atoms with Crippen LogP contribution in [-0.4, -0.2) is 38.5 Å². The Bertz CT molecular complexity index is 497. The largest absolute Gasteiger partial charge is 0.394 e. The number of halogens is 2. The lowest BCUT2D eigenvalue weighted by atomic mass is 10.0. The van der Waals surface area contributed by atoms with Crippen molar-refractivity contribution in [2.45, 2.75) is 17.0 Å². The van der Waals surface area contributed by atoms with Crippen molar-refractivity contribution in [1.29, 1.82) is 0 Å². The van der Waals surface area contributed by atoms with E-state index in [0.717, 1.165) is 6.07 Å². The number of rotatable bonds is 6. The predicted octanol–water partition coefficient (Wildman–Crippen LogP) is 0.909. The molecule has 0 bridgehead atoms. The Morgan fingerprint density at radius 3 is 2.60 bits per heavy atom. The van der Waals surface area contributed by atoms with Crippen LogP contribution in [0.25, 0.3) is 0 Å². The molecule has 1 aromatic rings. The number of carbonyl (C=O) groups is 1. The van der Waals surface area contributed by atoms with Crippen molar-refractivity contribution in [2.75, 3.05) is 6.61 Å². The van der Waals surface area contributed by atoms with Crippen LogP contribution in [0.15, 0.2) is 24.3 Å². The van der Waals surface area contributed by atoms with E-state index in [2.05, 4.69) is 5.32 Å². The summed E-state index contributed by atoms with van der Waals surface area (Å²) < 4.78 is 0. The number of carbonyl (C=O) groups excluding carboxylic acids is 1. The van der Waals surface area contributed by atoms with Crippen molar-refractivity contribution in [3.63, 3.8) is 0 Å². The van der Waals surface area contributed by atoms with Gasteiger partial charge in [-0.2, -0.15) is 0 Å². The highest BCUT2D eigenvalue weighted by Gasteiger charge is 2.25. The van der Waals surface area contributed by atoms with Crippen molar-refractivity contribution in [3.05, 3.63) is 39.9 Å². The summed E-state index contributed by atoms with van der Waals surface area (Å²) in [6, 6.07) is 4.16. The molecule has 110 valence electrons. The van der Waals surface area contributed by atoms with E-state index < -0.39 is 34.4 Å². The second-order valence-corrected chi connectivity index (χ2v) is 4.99. The van der Waals surface area contributed by atoms with E-state index in [4.69, 9.17) is 23.2 Å². The molecule has 0 heterocycles. The maximum Gasteiger partial charge on any atom is 0.269 e. The third kappa shape index (κ3) is 4.31. The zero-order valence-electron chi connectivity index (χ0n) is 10.1. The van der Waals surface area contributed by atoms with Crippen LogP contribution in [0.1, 0.15) is 11.7 Å². The van der Waals surface area contributed by atoms with Gasteiger partial charge in [0, 0.05) is 12.1 Å². The molecule has 0 spiro atoms. The summed E-state index contributed by atoms with van der Waals surface area (Å²) in [7, 11) is 0. The Balaban J connectivity index is 2.90. The number of amides is 1. The number of non-ortho nitro benzene ring substituents is 1. The molecule has 2 atom stereocenters. The van der Waals surface area contributed by atoms with Crippen LogP contribution >= 0.6 is 23.2 Å². The Kier molecular flexibility index (Phi) is 6.15. The van der Waals surface area contributed by atoms with Crippen molar-refractivity contribution in [2.24, 2.45) is 0 Å². The molecule has 1 amide bonds. The van der Waals surface area contributed by atoms with Crippen LogP contribution in [0, 0.1) is 10.1 Å². The molecule has 0 aromatic heterocycles. The highest BCUT2D eigenvalue weighted by Crippen LogP contribution is 2.22. The fourth-order valence-corrected chi connectivity index (χ4v) is 1.65. The monoisotopic (exact) mass is 322 g/mol. The van der Waals surface area contributed by atoms with Gasteiger partial charge >= 0.3 is 0 Å². The Labute approximate surface area is 124 Å². The average Bonchev–Trinajstić information content (AvgIpc) is 2.43. The van der Waals surface area contributed by atoms with Gasteiger partial charge in [0.15, 0.2) is 4.84 Å². The molecule has 0 aliphatic carbocycles. The van der Waals surface area contributed by atoms with E-state index >= 15 is 0 Å². The second kappa shape index (κ2) is 7.39. The first-order chi connectivity index (χ1) is 9.36. The smallest absolute Gasteiger partial charge is 0.269 e. The van der Waals surface area contributed by atoms with E-state index in [1.165, 1.54) is 18.2 Å². The molecule has 1 rings (SSSR count). The molecule has 20 heavy (non-hydrogen) atoms. The molecule has 0 aliphatic rings. The van der Waals surface area contributed by atoms with Crippen molar-refractivity contribution < 1.29 is 19.9 Å². The van der Waals surface area contributed by atoms with Gasteiger partial charge in [-0.15, -0.1) is 0 Å². The SMILES string of the molecule is O=C(N[C@H](CO)[C@H](O)c1cccc([N+](=O)[O-])c1)C(Cl)Cl. The van der Waals surface area contributed by atoms with Crippen LogP contribution in [-0.2, 0) is 4.79 Å². The standard InChI is InChI=1S/C11H12Cl2N2O5/c12-10(13)11(18)14-8(5-16)9(17)6-2-1-3-7(4-6)15(19)20/h1-4,8-10,16-17H,5H2,(H,14,18)/t8-,9-/m1/s1. The molecule has 0 fully saturated rings. The summed E-state index contributed by atoms with van der Waals surface area (Å²) in [6.45, 7) is -0.587. The highest BCUT2D eigenvalue weighted by molar-refractivity contribution is 6.53. The second-order valence-electron chi connectivity index (χ2n) is 3.90. The number of hydrogen-bond donors (Lipinski definition) is 3. The first-order valence-electron chi connectivity index (χ1n) is 5.48. The van der Waals surface area contributed by atoms with Crippen molar-refractivity contribution >= 4 is 34.8 Å². The van der Waals surface area contributed by atoms with Crippen LogP contribution < -0.4 is 5.32 Å². The Morgan fingerprint density at radius 2 is 2.10 bits per heavy atom. The lowest BCUT2D eigenvalue weighted by molar-refractivity contribution is -0.385. The summed E-state index contributed by atoms with van der Waals surface area (Å²) in [6.07, 6.45) is -1.34. The summed E-state index contributed by atoms with van der Waals surface area (Å²) >= 11 is 10.7. The van der Waals surface area contributed by atoms with E-state index in [9.17, 15) is 25.1 Å². The topological polar surface area (TPSA) is 113 Å². The fraction of sp³-hybridized carbons (Fsp3) is 0.364. The molecule has 0 saturated carbocycles. The van der Waals surface area contributed by atoms with Gasteiger partial charge in [0.05, 0.1) is 17.6 Å². The first kappa shape index (κ1) is 16.6. The number of benzene rings is 1. The van der Waals surface area contributed by atoms with Gasteiger partial charge in [0.2, 0.25) is 0 Å². The molecular weight excluding hydrogens is 311 g/mol. The minimum atomic E-state index is -1.35. The van der Waals surface area contributed by atoms with Gasteiger partial charge in [0.1, 0.15) is 6.10 Å². The fourth-order valence-electron chi connectivity index (χ4n) is 1.52. The lowest BCUT2D eigenvalue weighted by Crippen LogP contribution is -2.44. The number of nitrogens with zero attached hydrogens (tertiary/aromatic N) is 1. The van der Waals surface area contributed by atoms with Crippen molar-refractivity contribution in [3.8, 4) is 0 Å². The van der Waals surface area contributed by atoms with E-state index in [0.29, 0.717) is 0 Å². The summed E-state index contributed by atoms with van der Waals surface area (Å²) in [5.41, 5.74) is -0.0311. The molecule has 7 nitrogen and oxygen atoms in total. The minimum Gasteiger partial charge on any atom is -0.394 e. The number of alkyl halides is 2. The molecule has 0 aliphatic heterocycles. The molecule has 9 heteroatoms. The summed E-state index contributed by atoms with van der Waals surface area (Å²) in [5, 5.41) is 32.1. The number of nitro groups is 1. The van der Waals surface area contributed by atoms with E-state index in [1.807, 2.05) is 0 Å². The molecule has 1 aromatic carbocycles. The molecule has 0 unspecified atom stereocenters. The maximum absolute atomic E-state index is 11.3. The van der Waals surface area contributed by atoms with Gasteiger partial charge in [-0.1, -0.05) is 35.3 Å². The van der Waals surface area contributed by atoms with Crippen LogP contribution in [0.2, 0.25) is 0 Å². The predicted molar refractivity (Wildman–Crippen MR) is 72.6 cm³/mol. The zero-order valence-corrected chi connectivity index (χ0v) is 11.6. The Hall–Kier alpha value is -1.41. The van der Waals surface area contributed by atoms with Gasteiger partial charge < -0.3 is 15.5 Å². The van der Waals surface area contributed by atoms with E-state index in [-0.39, 0.29) is 11.3 Å². The normalized spacial score (nSPS) is 13.8. The first-order valence-corrected chi connectivity index (χ1v) is 6.36. The van der Waals surface area contributed by atoms with Crippen molar-refractivity contribution in [1.82, 2.24) is 5.32 Å². The Morgan fingerprint density at radius 1 is 1.45 bits per heavy atom. The minimum absolute atomic E-state index is 0.180. The molecule has 0 saturated heterocycles. The molecule has 0 radical (unpaired) electrons. The third-order valence-corrected chi connectivity index (χ3v) is 2.92. The number of nitrogens with one attached hydrogen (secondary N) is 1. The quantitative estimate of drug-likeness (QED) is 0.409. The third-order valence-electron chi connectivity index (χ3n) is 2.53. The van der Waals surface area contributed by atoms with E-state index in [1.54, 1.807) is 0 Å². The molecular formula is C11H12Cl2N2O5. The van der Waals surface area contributed by atoms with Gasteiger partial charge in [-0.3, -0.25) is 14.9 Å². The number of aliphatic hydroxyl groups excluding tert-OH is 2. The number of aliphatic hydroxyl groups is 2.